The Bertz CT molecular complexity index is 1110. The van der Waals surface area contributed by atoms with Crippen LogP contribution in [-0.2, 0) is 6.54 Å². The summed E-state index contributed by atoms with van der Waals surface area (Å²) < 4.78 is 6.85. The van der Waals surface area contributed by atoms with Crippen LogP contribution in [0.4, 0.5) is 0 Å². The average Bonchev–Trinajstić information content (AvgIpc) is 3.02. The van der Waals surface area contributed by atoms with E-state index in [0.717, 1.165) is 32.1 Å². The van der Waals surface area contributed by atoms with E-state index in [-0.39, 0.29) is 5.56 Å². The molecule has 2 aromatic heterocycles. The number of aryl methyl sites for hydroxylation is 1. The molecule has 2 aromatic carbocycles. The SMILES string of the molecule is COc1ccc(Cn2cnc3sc(-c4ccccc4)c(C)c3c2=O)cc1. The van der Waals surface area contributed by atoms with Gasteiger partial charge in [-0.2, -0.15) is 0 Å². The van der Waals surface area contributed by atoms with E-state index < -0.39 is 0 Å². The summed E-state index contributed by atoms with van der Waals surface area (Å²) in [6.45, 7) is 2.49. The van der Waals surface area contributed by atoms with Crippen molar-refractivity contribution in [3.05, 3.63) is 82.4 Å². The average molecular weight is 362 g/mol. The topological polar surface area (TPSA) is 44.1 Å². The van der Waals surface area contributed by atoms with Crippen molar-refractivity contribution in [2.75, 3.05) is 7.11 Å². The molecule has 2 heterocycles. The van der Waals surface area contributed by atoms with Crippen molar-refractivity contribution in [1.82, 2.24) is 9.55 Å². The summed E-state index contributed by atoms with van der Waals surface area (Å²) in [6, 6.07) is 17.9. The number of aromatic nitrogens is 2. The minimum Gasteiger partial charge on any atom is -0.497 e. The van der Waals surface area contributed by atoms with Crippen molar-refractivity contribution in [1.29, 1.82) is 0 Å². The quantitative estimate of drug-likeness (QED) is 0.537. The van der Waals surface area contributed by atoms with Gasteiger partial charge in [0.05, 0.1) is 25.4 Å². The first-order valence-electron chi connectivity index (χ1n) is 8.34. The summed E-state index contributed by atoms with van der Waals surface area (Å²) in [5.41, 5.74) is 3.15. The molecule has 0 aliphatic heterocycles. The van der Waals surface area contributed by atoms with Crippen LogP contribution >= 0.6 is 11.3 Å². The molecule has 0 saturated heterocycles. The number of ether oxygens (including phenoxy) is 1. The molecule has 4 rings (SSSR count). The Balaban J connectivity index is 1.77. The Morgan fingerprint density at radius 2 is 1.81 bits per heavy atom. The van der Waals surface area contributed by atoms with Crippen LogP contribution in [0, 0.1) is 6.92 Å². The number of hydrogen-bond donors (Lipinski definition) is 0. The molecule has 0 fully saturated rings. The number of hydrogen-bond acceptors (Lipinski definition) is 4. The third-order valence-electron chi connectivity index (χ3n) is 4.47. The highest BCUT2D eigenvalue weighted by Crippen LogP contribution is 2.35. The summed E-state index contributed by atoms with van der Waals surface area (Å²) in [5.74, 6) is 0.802. The minimum absolute atomic E-state index is 0.00162. The van der Waals surface area contributed by atoms with E-state index >= 15 is 0 Å². The lowest BCUT2D eigenvalue weighted by atomic mass is 10.1. The molecule has 4 nitrogen and oxygen atoms in total. The smallest absolute Gasteiger partial charge is 0.262 e. The van der Waals surface area contributed by atoms with E-state index in [1.165, 1.54) is 0 Å². The van der Waals surface area contributed by atoms with Gasteiger partial charge in [-0.15, -0.1) is 11.3 Å². The van der Waals surface area contributed by atoms with Gasteiger partial charge < -0.3 is 4.74 Å². The Morgan fingerprint density at radius 3 is 2.50 bits per heavy atom. The van der Waals surface area contributed by atoms with Gasteiger partial charge in [-0.05, 0) is 35.7 Å². The monoisotopic (exact) mass is 362 g/mol. The zero-order valence-electron chi connectivity index (χ0n) is 14.6. The maximum absolute atomic E-state index is 13.0. The molecule has 26 heavy (non-hydrogen) atoms. The maximum atomic E-state index is 13.0. The summed E-state index contributed by atoms with van der Waals surface area (Å²) in [5, 5.41) is 0.713. The summed E-state index contributed by atoms with van der Waals surface area (Å²) in [4.78, 5) is 19.5. The zero-order chi connectivity index (χ0) is 18.1. The molecule has 0 N–H and O–H groups in total. The normalized spacial score (nSPS) is 11.0. The van der Waals surface area contributed by atoms with Crippen molar-refractivity contribution >= 4 is 21.6 Å². The second-order valence-electron chi connectivity index (χ2n) is 6.13. The second-order valence-corrected chi connectivity index (χ2v) is 7.13. The van der Waals surface area contributed by atoms with Crippen LogP contribution in [0.1, 0.15) is 11.1 Å². The molecule has 0 aliphatic carbocycles. The van der Waals surface area contributed by atoms with Crippen molar-refractivity contribution in [2.45, 2.75) is 13.5 Å². The Kier molecular flexibility index (Phi) is 4.31. The predicted molar refractivity (Wildman–Crippen MR) is 106 cm³/mol. The molecule has 0 bridgehead atoms. The zero-order valence-corrected chi connectivity index (χ0v) is 15.4. The first-order valence-corrected chi connectivity index (χ1v) is 9.16. The Labute approximate surface area is 155 Å². The fraction of sp³-hybridized carbons (Fsp3) is 0.143. The van der Waals surface area contributed by atoms with Crippen LogP contribution in [0.25, 0.3) is 20.7 Å². The molecule has 5 heteroatoms. The number of methoxy groups -OCH3 is 1. The summed E-state index contributed by atoms with van der Waals surface area (Å²) in [7, 11) is 1.64. The number of fused-ring (bicyclic) bond motifs is 1. The van der Waals surface area contributed by atoms with Gasteiger partial charge in [-0.25, -0.2) is 4.98 Å². The van der Waals surface area contributed by atoms with Gasteiger partial charge >= 0.3 is 0 Å². The van der Waals surface area contributed by atoms with Gasteiger partial charge in [-0.3, -0.25) is 9.36 Å². The summed E-state index contributed by atoms with van der Waals surface area (Å²) >= 11 is 1.57. The molecule has 0 unspecified atom stereocenters. The fourth-order valence-corrected chi connectivity index (χ4v) is 4.21. The highest BCUT2D eigenvalue weighted by atomic mass is 32.1. The van der Waals surface area contributed by atoms with E-state index in [0.29, 0.717) is 11.9 Å². The van der Waals surface area contributed by atoms with Crippen LogP contribution < -0.4 is 10.3 Å². The lowest BCUT2D eigenvalue weighted by molar-refractivity contribution is 0.414. The predicted octanol–water partition coefficient (Wildman–Crippen LogP) is 4.49. The number of nitrogens with zero attached hydrogens (tertiary/aromatic N) is 2. The van der Waals surface area contributed by atoms with Gasteiger partial charge in [0, 0.05) is 4.88 Å². The van der Waals surface area contributed by atoms with Crippen LogP contribution in [0.2, 0.25) is 0 Å². The molecule has 130 valence electrons. The number of rotatable bonds is 4. The van der Waals surface area contributed by atoms with Gasteiger partial charge in [-0.1, -0.05) is 42.5 Å². The molecule has 0 atom stereocenters. The van der Waals surface area contributed by atoms with E-state index in [1.54, 1.807) is 29.3 Å². The van der Waals surface area contributed by atoms with Gasteiger partial charge in [0.1, 0.15) is 10.6 Å². The second kappa shape index (κ2) is 6.77. The van der Waals surface area contributed by atoms with E-state index in [9.17, 15) is 4.79 Å². The van der Waals surface area contributed by atoms with E-state index in [4.69, 9.17) is 4.74 Å². The molecule has 0 spiro atoms. The van der Waals surface area contributed by atoms with Crippen LogP contribution in [0.5, 0.6) is 5.75 Å². The first kappa shape index (κ1) is 16.5. The molecule has 0 radical (unpaired) electrons. The lowest BCUT2D eigenvalue weighted by Crippen LogP contribution is -2.21. The van der Waals surface area contributed by atoms with Crippen molar-refractivity contribution in [3.8, 4) is 16.2 Å². The standard InChI is InChI=1S/C21H18N2O2S/c1-14-18-20(26-19(14)16-6-4-3-5-7-16)22-13-23(21(18)24)12-15-8-10-17(25-2)11-9-15/h3-11,13H,12H2,1-2H3. The third-order valence-corrected chi connectivity index (χ3v) is 5.71. The highest BCUT2D eigenvalue weighted by molar-refractivity contribution is 7.22. The molecule has 0 saturated carbocycles. The lowest BCUT2D eigenvalue weighted by Gasteiger charge is -2.07. The number of benzene rings is 2. The summed E-state index contributed by atoms with van der Waals surface area (Å²) in [6.07, 6.45) is 1.64. The minimum atomic E-state index is 0.00162. The molecule has 4 aromatic rings. The molecular weight excluding hydrogens is 344 g/mol. The van der Waals surface area contributed by atoms with Crippen molar-refractivity contribution in [3.63, 3.8) is 0 Å². The van der Waals surface area contributed by atoms with E-state index in [1.807, 2.05) is 49.4 Å². The maximum Gasteiger partial charge on any atom is 0.262 e. The van der Waals surface area contributed by atoms with Gasteiger partial charge in [0.15, 0.2) is 0 Å². The van der Waals surface area contributed by atoms with Crippen LogP contribution in [0.3, 0.4) is 0 Å². The first-order chi connectivity index (χ1) is 12.7. The Morgan fingerprint density at radius 1 is 1.08 bits per heavy atom. The highest BCUT2D eigenvalue weighted by Gasteiger charge is 2.15. The van der Waals surface area contributed by atoms with Crippen molar-refractivity contribution in [2.24, 2.45) is 0 Å². The molecular formula is C21H18N2O2S. The largest absolute Gasteiger partial charge is 0.497 e. The molecule has 0 amide bonds. The van der Waals surface area contributed by atoms with Crippen LogP contribution in [-0.4, -0.2) is 16.7 Å². The molecule has 0 aliphatic rings. The Hall–Kier alpha value is -2.92. The van der Waals surface area contributed by atoms with E-state index in [2.05, 4.69) is 17.1 Å². The van der Waals surface area contributed by atoms with Crippen molar-refractivity contribution < 1.29 is 4.74 Å². The van der Waals surface area contributed by atoms with Gasteiger partial charge in [0.2, 0.25) is 0 Å². The fourth-order valence-electron chi connectivity index (χ4n) is 3.06. The van der Waals surface area contributed by atoms with Crippen LogP contribution in [0.15, 0.2) is 65.7 Å². The number of thiophene rings is 1. The third kappa shape index (κ3) is 2.91. The van der Waals surface area contributed by atoms with Gasteiger partial charge in [0.25, 0.3) is 5.56 Å².